The van der Waals surface area contributed by atoms with Crippen LogP contribution in [0, 0.1) is 0 Å². The molecule has 0 unspecified atom stereocenters. The fraction of sp³-hybridized carbons (Fsp3) is 0.333. The third kappa shape index (κ3) is 2.39. The molecule has 2 aromatic rings. The average Bonchev–Trinajstić information content (AvgIpc) is 3.10. The van der Waals surface area contributed by atoms with Gasteiger partial charge in [0.2, 0.25) is 0 Å². The van der Waals surface area contributed by atoms with Crippen LogP contribution in [-0.4, -0.2) is 9.97 Å². The summed E-state index contributed by atoms with van der Waals surface area (Å²) in [7, 11) is 0. The molecule has 1 aliphatic carbocycles. The van der Waals surface area contributed by atoms with E-state index in [9.17, 15) is 0 Å². The molecule has 0 atom stereocenters. The Morgan fingerprint density at radius 3 is 2.78 bits per heavy atom. The highest BCUT2D eigenvalue weighted by Crippen LogP contribution is 2.44. The zero-order valence-electron chi connectivity index (χ0n) is 9.49. The first kappa shape index (κ1) is 12.7. The molecule has 1 aliphatic rings. The minimum absolute atomic E-state index is 0.567. The van der Waals surface area contributed by atoms with Crippen LogP contribution in [0.5, 0.6) is 0 Å². The molecule has 1 saturated carbocycles. The van der Waals surface area contributed by atoms with Gasteiger partial charge in [-0.2, -0.15) is 0 Å². The SMILES string of the molecule is NCc1sc(-c2ncc(Br)cc2Br)nc1C1CC1. The van der Waals surface area contributed by atoms with Crippen molar-refractivity contribution < 1.29 is 0 Å². The van der Waals surface area contributed by atoms with E-state index in [0.29, 0.717) is 12.5 Å². The molecular formula is C12H11Br2N3S. The van der Waals surface area contributed by atoms with Gasteiger partial charge in [-0.1, -0.05) is 0 Å². The van der Waals surface area contributed by atoms with Crippen LogP contribution < -0.4 is 5.73 Å². The van der Waals surface area contributed by atoms with Crippen LogP contribution in [-0.2, 0) is 6.54 Å². The molecule has 0 aliphatic heterocycles. The third-order valence-corrected chi connectivity index (χ3v) is 5.03. The summed E-state index contributed by atoms with van der Waals surface area (Å²) in [6.45, 7) is 0.567. The van der Waals surface area contributed by atoms with Crippen LogP contribution >= 0.6 is 43.2 Å². The van der Waals surface area contributed by atoms with Crippen LogP contribution in [0.25, 0.3) is 10.7 Å². The summed E-state index contributed by atoms with van der Waals surface area (Å²) in [6.07, 6.45) is 4.27. The second kappa shape index (κ2) is 5.00. The zero-order chi connectivity index (χ0) is 12.7. The maximum Gasteiger partial charge on any atom is 0.143 e. The molecule has 0 spiro atoms. The van der Waals surface area contributed by atoms with E-state index in [4.69, 9.17) is 10.7 Å². The molecule has 18 heavy (non-hydrogen) atoms. The van der Waals surface area contributed by atoms with Crippen LogP contribution in [0.15, 0.2) is 21.2 Å². The first-order valence-electron chi connectivity index (χ1n) is 5.70. The number of nitrogens with two attached hydrogens (primary N) is 1. The van der Waals surface area contributed by atoms with E-state index < -0.39 is 0 Å². The molecule has 0 aromatic carbocycles. The lowest BCUT2D eigenvalue weighted by atomic mass is 10.2. The van der Waals surface area contributed by atoms with Crippen LogP contribution in [0.2, 0.25) is 0 Å². The molecule has 0 radical (unpaired) electrons. The topological polar surface area (TPSA) is 51.8 Å². The summed E-state index contributed by atoms with van der Waals surface area (Å²) in [5, 5.41) is 0.955. The van der Waals surface area contributed by atoms with Crippen LogP contribution in [0.3, 0.4) is 0 Å². The molecule has 0 bridgehead atoms. The Hall–Kier alpha value is -0.300. The van der Waals surface area contributed by atoms with Crippen LogP contribution in [0.1, 0.15) is 29.3 Å². The smallest absolute Gasteiger partial charge is 0.143 e. The summed E-state index contributed by atoms with van der Waals surface area (Å²) >= 11 is 8.60. The summed E-state index contributed by atoms with van der Waals surface area (Å²) in [4.78, 5) is 10.4. The van der Waals surface area contributed by atoms with Gasteiger partial charge in [-0.3, -0.25) is 4.98 Å². The first-order chi connectivity index (χ1) is 8.69. The zero-order valence-corrected chi connectivity index (χ0v) is 13.5. The van der Waals surface area contributed by atoms with E-state index in [1.165, 1.54) is 23.4 Å². The van der Waals surface area contributed by atoms with Crippen molar-refractivity contribution >= 4 is 43.2 Å². The van der Waals surface area contributed by atoms with Crippen molar-refractivity contribution in [3.63, 3.8) is 0 Å². The van der Waals surface area contributed by atoms with Gasteiger partial charge in [0, 0.05) is 32.5 Å². The number of hydrogen-bond donors (Lipinski definition) is 1. The predicted octanol–water partition coefficient (Wildman–Crippen LogP) is 4.07. The number of pyridine rings is 1. The minimum Gasteiger partial charge on any atom is -0.326 e. The molecule has 6 heteroatoms. The molecule has 3 rings (SSSR count). The van der Waals surface area contributed by atoms with E-state index in [1.54, 1.807) is 17.5 Å². The lowest BCUT2D eigenvalue weighted by molar-refractivity contribution is 0.978. The second-order valence-corrected chi connectivity index (χ2v) is 7.14. The Labute approximate surface area is 126 Å². The Morgan fingerprint density at radius 1 is 1.39 bits per heavy atom. The maximum atomic E-state index is 5.80. The molecule has 0 amide bonds. The average molecular weight is 389 g/mol. The standard InChI is InChI=1S/C12H11Br2N3S/c13-7-3-8(14)11(16-5-7)12-17-10(6-1-2-6)9(4-15)18-12/h3,5-6H,1-2,4,15H2. The fourth-order valence-electron chi connectivity index (χ4n) is 1.86. The van der Waals surface area contributed by atoms with Gasteiger partial charge < -0.3 is 5.73 Å². The Kier molecular flexibility index (Phi) is 3.53. The van der Waals surface area contributed by atoms with Crippen molar-refractivity contribution in [3.05, 3.63) is 31.8 Å². The third-order valence-electron chi connectivity index (χ3n) is 2.89. The highest BCUT2D eigenvalue weighted by Gasteiger charge is 2.29. The molecule has 3 nitrogen and oxygen atoms in total. The first-order valence-corrected chi connectivity index (χ1v) is 8.10. The quantitative estimate of drug-likeness (QED) is 0.862. The lowest BCUT2D eigenvalue weighted by Gasteiger charge is -1.99. The number of nitrogens with zero attached hydrogens (tertiary/aromatic N) is 2. The van der Waals surface area contributed by atoms with Gasteiger partial charge in [-0.15, -0.1) is 11.3 Å². The summed E-state index contributed by atoms with van der Waals surface area (Å²) in [5.41, 5.74) is 7.88. The summed E-state index contributed by atoms with van der Waals surface area (Å²) in [5.74, 6) is 0.628. The van der Waals surface area contributed by atoms with E-state index in [2.05, 4.69) is 36.8 Å². The van der Waals surface area contributed by atoms with Gasteiger partial charge >= 0.3 is 0 Å². The number of halogens is 2. The highest BCUT2D eigenvalue weighted by atomic mass is 79.9. The van der Waals surface area contributed by atoms with Gasteiger partial charge in [0.25, 0.3) is 0 Å². The minimum atomic E-state index is 0.567. The van der Waals surface area contributed by atoms with Crippen molar-refractivity contribution in [2.45, 2.75) is 25.3 Å². The molecule has 94 valence electrons. The summed E-state index contributed by atoms with van der Waals surface area (Å²) < 4.78 is 1.91. The Bertz CT molecular complexity index is 593. The normalized spacial score (nSPS) is 15.1. The Balaban J connectivity index is 2.05. The van der Waals surface area contributed by atoms with Gasteiger partial charge in [-0.05, 0) is 50.8 Å². The predicted molar refractivity (Wildman–Crippen MR) is 80.6 cm³/mol. The molecule has 0 saturated heterocycles. The largest absolute Gasteiger partial charge is 0.326 e. The molecule has 2 aromatic heterocycles. The van der Waals surface area contributed by atoms with Gasteiger partial charge in [0.15, 0.2) is 0 Å². The van der Waals surface area contributed by atoms with Gasteiger partial charge in [0.1, 0.15) is 10.7 Å². The van der Waals surface area contributed by atoms with Crippen molar-refractivity contribution in [2.75, 3.05) is 0 Å². The van der Waals surface area contributed by atoms with Crippen molar-refractivity contribution in [1.29, 1.82) is 0 Å². The second-order valence-electron chi connectivity index (χ2n) is 4.29. The van der Waals surface area contributed by atoms with Crippen LogP contribution in [0.4, 0.5) is 0 Å². The van der Waals surface area contributed by atoms with E-state index in [-0.39, 0.29) is 0 Å². The fourth-order valence-corrected chi connectivity index (χ4v) is 4.20. The maximum absolute atomic E-state index is 5.80. The van der Waals surface area contributed by atoms with E-state index in [1.807, 2.05) is 6.07 Å². The number of rotatable bonds is 3. The number of hydrogen-bond acceptors (Lipinski definition) is 4. The monoisotopic (exact) mass is 387 g/mol. The van der Waals surface area contributed by atoms with Gasteiger partial charge in [0.05, 0.1) is 5.69 Å². The molecule has 2 N–H and O–H groups in total. The van der Waals surface area contributed by atoms with Crippen molar-refractivity contribution in [1.82, 2.24) is 9.97 Å². The molecular weight excluding hydrogens is 378 g/mol. The van der Waals surface area contributed by atoms with E-state index in [0.717, 1.165) is 19.6 Å². The molecule has 1 fully saturated rings. The molecule has 2 heterocycles. The van der Waals surface area contributed by atoms with Crippen molar-refractivity contribution in [3.8, 4) is 10.7 Å². The van der Waals surface area contributed by atoms with Gasteiger partial charge in [-0.25, -0.2) is 4.98 Å². The van der Waals surface area contributed by atoms with Crippen molar-refractivity contribution in [2.24, 2.45) is 5.73 Å². The highest BCUT2D eigenvalue weighted by molar-refractivity contribution is 9.11. The summed E-state index contributed by atoms with van der Waals surface area (Å²) in [6, 6.07) is 1.99. The van der Waals surface area contributed by atoms with E-state index >= 15 is 0 Å². The Morgan fingerprint density at radius 2 is 2.17 bits per heavy atom. The lowest BCUT2D eigenvalue weighted by Crippen LogP contribution is -1.96. The number of thiazole rings is 1. The number of aromatic nitrogens is 2.